The predicted molar refractivity (Wildman–Crippen MR) is 397 cm³/mol. The molecule has 0 aliphatic heterocycles. The number of benzene rings is 15. The second-order valence-corrected chi connectivity index (χ2v) is 24.1. The second kappa shape index (κ2) is 24.0. The van der Waals surface area contributed by atoms with Crippen LogP contribution in [0.4, 0.5) is 34.1 Å². The van der Waals surface area contributed by atoms with Crippen molar-refractivity contribution < 1.29 is 0 Å². The first-order chi connectivity index (χ1) is 46.6. The van der Waals surface area contributed by atoms with Crippen molar-refractivity contribution in [2.24, 2.45) is 0 Å². The first-order valence-electron chi connectivity index (χ1n) is 32.2. The van der Waals surface area contributed by atoms with E-state index in [-0.39, 0.29) is 0 Å². The third-order valence-corrected chi connectivity index (χ3v) is 18.6. The van der Waals surface area contributed by atoms with Gasteiger partial charge in [0.1, 0.15) is 0 Å². The molecule has 15 aromatic carbocycles. The van der Waals surface area contributed by atoms with Crippen LogP contribution in [0.3, 0.4) is 0 Å². The lowest BCUT2D eigenvalue weighted by molar-refractivity contribution is 1.17. The fraction of sp³-hybridized carbons (Fsp3) is 0. The van der Waals surface area contributed by atoms with Gasteiger partial charge in [-0.15, -0.1) is 0 Å². The first-order valence-corrected chi connectivity index (χ1v) is 32.2. The summed E-state index contributed by atoms with van der Waals surface area (Å²) in [6.45, 7) is 0. The summed E-state index contributed by atoms with van der Waals surface area (Å²) in [6.07, 6.45) is 0. The Bertz CT molecular complexity index is 5470. The molecular weight excluding hydrogens is 1140 g/mol. The molecule has 94 heavy (non-hydrogen) atoms. The van der Waals surface area contributed by atoms with Crippen molar-refractivity contribution in [3.8, 4) is 78.1 Å². The molecule has 0 aliphatic rings. The Labute approximate surface area is 547 Å². The normalized spacial score (nSPS) is 11.4. The zero-order valence-electron chi connectivity index (χ0n) is 51.6. The highest BCUT2D eigenvalue weighted by molar-refractivity contribution is 6.11. The van der Waals surface area contributed by atoms with Gasteiger partial charge in [-0.3, -0.25) is 0 Å². The monoisotopic (exact) mass is 1200 g/mol. The Morgan fingerprint density at radius 1 is 0.149 bits per heavy atom. The van der Waals surface area contributed by atoms with Crippen molar-refractivity contribution in [2.45, 2.75) is 0 Å². The lowest BCUT2D eigenvalue weighted by atomic mass is 9.97. The maximum atomic E-state index is 2.37. The molecule has 442 valence electrons. The largest absolute Gasteiger partial charge is 0.311 e. The second-order valence-electron chi connectivity index (χ2n) is 24.1. The van der Waals surface area contributed by atoms with E-state index in [2.05, 4.69) is 395 Å². The number of fused-ring (bicyclic) bond motifs is 6. The third kappa shape index (κ3) is 10.4. The van der Waals surface area contributed by atoms with E-state index < -0.39 is 0 Å². The summed E-state index contributed by atoms with van der Waals surface area (Å²) in [4.78, 5) is 4.71. The summed E-state index contributed by atoms with van der Waals surface area (Å²) in [5.74, 6) is 0. The SMILES string of the molecule is c1ccc(-c2ccc(N(c3ccc(-c4cccc(-c5ccc(-c6ccc(N(c7ccc(-c8ccccc8)cc7)c7ccc(-n8c9ccccc9c9ccccc98)cc7)cc6)cc5)c4)cc3)c3ccc(-c4ccc5c(c4)c4ccccc4n5-c4ccccc4)cc3)cc2)cc1. The maximum absolute atomic E-state index is 2.37. The molecule has 0 atom stereocenters. The molecule has 0 saturated heterocycles. The van der Waals surface area contributed by atoms with Crippen molar-refractivity contribution in [2.75, 3.05) is 9.80 Å². The number of aromatic nitrogens is 2. The minimum Gasteiger partial charge on any atom is -0.311 e. The van der Waals surface area contributed by atoms with Crippen molar-refractivity contribution in [1.82, 2.24) is 9.13 Å². The van der Waals surface area contributed by atoms with Gasteiger partial charge in [0, 0.05) is 67.0 Å². The lowest BCUT2D eigenvalue weighted by Gasteiger charge is -2.26. The summed E-state index contributed by atoms with van der Waals surface area (Å²) in [6, 6.07) is 137. The Kier molecular flexibility index (Phi) is 14.2. The van der Waals surface area contributed by atoms with Crippen LogP contribution < -0.4 is 9.80 Å². The van der Waals surface area contributed by atoms with E-state index in [9.17, 15) is 0 Å². The van der Waals surface area contributed by atoms with Gasteiger partial charge in [-0.05, 0) is 200 Å². The number of hydrogen-bond acceptors (Lipinski definition) is 2. The quantitative estimate of drug-likeness (QED) is 0.108. The van der Waals surface area contributed by atoms with E-state index in [1.807, 2.05) is 0 Å². The van der Waals surface area contributed by atoms with E-state index in [4.69, 9.17) is 0 Å². The van der Waals surface area contributed by atoms with E-state index in [0.29, 0.717) is 0 Å². The molecule has 17 aromatic rings. The van der Waals surface area contributed by atoms with Gasteiger partial charge in [0.2, 0.25) is 0 Å². The van der Waals surface area contributed by atoms with Crippen LogP contribution >= 0.6 is 0 Å². The van der Waals surface area contributed by atoms with E-state index in [1.165, 1.54) is 88.1 Å². The summed E-state index contributed by atoms with van der Waals surface area (Å²) >= 11 is 0. The zero-order valence-corrected chi connectivity index (χ0v) is 51.6. The fourth-order valence-corrected chi connectivity index (χ4v) is 13.9. The minimum absolute atomic E-state index is 1.08. The molecule has 0 aliphatic carbocycles. The highest BCUT2D eigenvalue weighted by atomic mass is 15.1. The van der Waals surface area contributed by atoms with Gasteiger partial charge in [0.15, 0.2) is 0 Å². The number of nitrogens with zero attached hydrogens (tertiary/aromatic N) is 4. The van der Waals surface area contributed by atoms with E-state index in [1.54, 1.807) is 0 Å². The minimum atomic E-state index is 1.08. The fourth-order valence-electron chi connectivity index (χ4n) is 13.9. The van der Waals surface area contributed by atoms with Gasteiger partial charge >= 0.3 is 0 Å². The Morgan fingerprint density at radius 3 is 0.755 bits per heavy atom. The molecule has 0 spiro atoms. The van der Waals surface area contributed by atoms with Gasteiger partial charge in [0.25, 0.3) is 0 Å². The Morgan fingerprint density at radius 2 is 0.383 bits per heavy atom. The average Bonchev–Trinajstić information content (AvgIpc) is 1.60. The standard InChI is InChI=1S/C90H62N4/c1-4-17-63(18-5-1)66-35-46-76(47-36-66)91(80-54-43-71(44-55-80)74-45-60-90-86(62-74)85-27-12-15-30-89(85)93(90)75-23-8-3-9-24-75)79-52-41-70(42-53-79)73-22-16-21-72(61-73)69-33-31-65(32-34-69)68-39-50-78(51-40-68)92(77-48-37-67(38-49-77)64-19-6-2-7-20-64)81-56-58-82(59-57-81)94-87-28-13-10-25-83(87)84-26-11-14-29-88(84)94/h1-62H. The number of hydrogen-bond donors (Lipinski definition) is 0. The molecule has 0 bridgehead atoms. The smallest absolute Gasteiger partial charge is 0.0541 e. The molecule has 0 fully saturated rings. The van der Waals surface area contributed by atoms with Crippen LogP contribution in [0.1, 0.15) is 0 Å². The predicted octanol–water partition coefficient (Wildman–Crippen LogP) is 24.8. The molecule has 0 radical (unpaired) electrons. The molecule has 4 heteroatoms. The van der Waals surface area contributed by atoms with Crippen LogP contribution in [0.25, 0.3) is 122 Å². The summed E-state index contributed by atoms with van der Waals surface area (Å²) in [5.41, 5.74) is 27.6. The summed E-state index contributed by atoms with van der Waals surface area (Å²) in [7, 11) is 0. The number of rotatable bonds is 14. The van der Waals surface area contributed by atoms with Crippen LogP contribution in [0.15, 0.2) is 376 Å². The van der Waals surface area contributed by atoms with Crippen LogP contribution in [0.5, 0.6) is 0 Å². The van der Waals surface area contributed by atoms with Crippen molar-refractivity contribution in [1.29, 1.82) is 0 Å². The lowest BCUT2D eigenvalue weighted by Crippen LogP contribution is -2.10. The molecule has 17 rings (SSSR count). The van der Waals surface area contributed by atoms with Gasteiger partial charge in [-0.1, -0.05) is 243 Å². The molecular formula is C90H62N4. The zero-order chi connectivity index (χ0) is 62.3. The van der Waals surface area contributed by atoms with Crippen LogP contribution in [0, 0.1) is 0 Å². The molecule has 0 amide bonds. The topological polar surface area (TPSA) is 16.3 Å². The molecule has 0 N–H and O–H groups in total. The van der Waals surface area contributed by atoms with Gasteiger partial charge in [-0.2, -0.15) is 0 Å². The first kappa shape index (κ1) is 55.6. The third-order valence-electron chi connectivity index (χ3n) is 18.6. The Hall–Kier alpha value is -12.5. The average molecular weight is 1200 g/mol. The van der Waals surface area contributed by atoms with Crippen molar-refractivity contribution >= 4 is 77.7 Å². The molecule has 2 aromatic heterocycles. The van der Waals surface area contributed by atoms with Gasteiger partial charge < -0.3 is 18.9 Å². The van der Waals surface area contributed by atoms with Gasteiger partial charge in [0.05, 0.1) is 22.1 Å². The van der Waals surface area contributed by atoms with E-state index in [0.717, 1.165) is 67.8 Å². The van der Waals surface area contributed by atoms with E-state index >= 15 is 0 Å². The Balaban J connectivity index is 0.640. The number of anilines is 6. The highest BCUT2D eigenvalue weighted by Crippen LogP contribution is 2.43. The molecule has 0 unspecified atom stereocenters. The molecule has 0 saturated carbocycles. The van der Waals surface area contributed by atoms with Crippen molar-refractivity contribution in [3.05, 3.63) is 376 Å². The maximum Gasteiger partial charge on any atom is 0.0541 e. The van der Waals surface area contributed by atoms with Crippen LogP contribution in [0.2, 0.25) is 0 Å². The molecule has 2 heterocycles. The van der Waals surface area contributed by atoms with Gasteiger partial charge in [-0.25, -0.2) is 0 Å². The summed E-state index contributed by atoms with van der Waals surface area (Å²) < 4.78 is 4.74. The van der Waals surface area contributed by atoms with Crippen molar-refractivity contribution in [3.63, 3.8) is 0 Å². The number of para-hydroxylation sites is 4. The summed E-state index contributed by atoms with van der Waals surface area (Å²) in [5, 5.41) is 4.99. The van der Waals surface area contributed by atoms with Crippen LogP contribution in [-0.4, -0.2) is 9.13 Å². The molecule has 4 nitrogen and oxygen atoms in total. The highest BCUT2D eigenvalue weighted by Gasteiger charge is 2.19. The van der Waals surface area contributed by atoms with Crippen LogP contribution in [-0.2, 0) is 0 Å².